The lowest BCUT2D eigenvalue weighted by Gasteiger charge is -2.21. The van der Waals surface area contributed by atoms with Crippen molar-refractivity contribution in [1.82, 2.24) is 24.8 Å². The van der Waals surface area contributed by atoms with Crippen LogP contribution in [0.1, 0.15) is 68.3 Å². The molecule has 2 aromatic heterocycles. The van der Waals surface area contributed by atoms with Crippen molar-refractivity contribution in [3.63, 3.8) is 0 Å². The van der Waals surface area contributed by atoms with Gasteiger partial charge in [0, 0.05) is 25.2 Å². The molecule has 0 aliphatic heterocycles. The molecule has 0 atom stereocenters. The Labute approximate surface area is 178 Å². The summed E-state index contributed by atoms with van der Waals surface area (Å²) in [4.78, 5) is 50.2. The van der Waals surface area contributed by atoms with Gasteiger partial charge >= 0.3 is 0 Å². The highest BCUT2D eigenvalue weighted by atomic mass is 16.3. The third kappa shape index (κ3) is 5.16. The van der Waals surface area contributed by atoms with Crippen LogP contribution in [-0.4, -0.2) is 49.3 Å². The summed E-state index contributed by atoms with van der Waals surface area (Å²) < 4.78 is 2.39. The van der Waals surface area contributed by atoms with Gasteiger partial charge in [0.2, 0.25) is 5.82 Å². The number of hydrogen-bond donors (Lipinski definition) is 3. The number of carbonyl (C=O) groups is 2. The highest BCUT2D eigenvalue weighted by Crippen LogP contribution is 2.25. The Hall–Kier alpha value is -3.08. The molecule has 0 radical (unpaired) electrons. The number of aliphatic hydroxyl groups is 1. The normalized spacial score (nSPS) is 14.5. The minimum absolute atomic E-state index is 0.0255. The number of nitroso groups, excluding NO2 is 1. The van der Waals surface area contributed by atoms with Gasteiger partial charge in [0.1, 0.15) is 5.65 Å². The Bertz CT molecular complexity index is 1100. The number of carbonyl (C=O) groups excluding carboxylic acids is 2. The molecule has 1 fully saturated rings. The number of fused-ring (bicyclic) bond motifs is 1. The van der Waals surface area contributed by atoms with Gasteiger partial charge in [-0.05, 0) is 37.3 Å². The summed E-state index contributed by atoms with van der Waals surface area (Å²) >= 11 is 0. The van der Waals surface area contributed by atoms with Crippen LogP contribution < -0.4 is 16.2 Å². The molecule has 0 aromatic carbocycles. The SMILES string of the molecule is CC(C)(C)Cn1c(=O)c(C(=O)NC2CC2)c(N=O)n2nc(C(=O)NCC(C)(C)O)cc12. The van der Waals surface area contributed by atoms with E-state index in [0.717, 1.165) is 17.4 Å². The maximum atomic E-state index is 13.2. The second-order valence-electron chi connectivity index (χ2n) is 9.78. The molecule has 11 heteroatoms. The molecule has 3 rings (SSSR count). The predicted molar refractivity (Wildman–Crippen MR) is 113 cm³/mol. The molecule has 168 valence electrons. The summed E-state index contributed by atoms with van der Waals surface area (Å²) in [7, 11) is 0. The maximum absolute atomic E-state index is 13.2. The second kappa shape index (κ2) is 7.88. The van der Waals surface area contributed by atoms with Gasteiger partial charge in [-0.1, -0.05) is 20.8 Å². The summed E-state index contributed by atoms with van der Waals surface area (Å²) in [5, 5.41) is 22.1. The topological polar surface area (TPSA) is 147 Å². The van der Waals surface area contributed by atoms with Crippen LogP contribution in [-0.2, 0) is 6.54 Å². The molecular weight excluding hydrogens is 404 g/mol. The zero-order valence-electron chi connectivity index (χ0n) is 18.4. The second-order valence-corrected chi connectivity index (χ2v) is 9.78. The van der Waals surface area contributed by atoms with E-state index in [0.29, 0.717) is 0 Å². The Morgan fingerprint density at radius 1 is 1.23 bits per heavy atom. The van der Waals surface area contributed by atoms with Crippen molar-refractivity contribution in [2.75, 3.05) is 6.54 Å². The predicted octanol–water partition coefficient (Wildman–Crippen LogP) is 1.33. The summed E-state index contributed by atoms with van der Waals surface area (Å²) in [6, 6.07) is 1.34. The molecule has 0 bridgehead atoms. The summed E-state index contributed by atoms with van der Waals surface area (Å²) in [6.07, 6.45) is 1.61. The molecular formula is C20H28N6O5. The molecule has 31 heavy (non-hydrogen) atoms. The molecule has 1 saturated carbocycles. The van der Waals surface area contributed by atoms with Gasteiger partial charge in [0.25, 0.3) is 17.4 Å². The smallest absolute Gasteiger partial charge is 0.271 e. The zero-order chi connectivity index (χ0) is 23.1. The molecule has 0 saturated heterocycles. The van der Waals surface area contributed by atoms with Crippen molar-refractivity contribution >= 4 is 23.3 Å². The first-order valence-corrected chi connectivity index (χ1v) is 10.1. The Balaban J connectivity index is 2.17. The van der Waals surface area contributed by atoms with Gasteiger partial charge in [-0.25, -0.2) is 0 Å². The van der Waals surface area contributed by atoms with E-state index in [1.54, 1.807) is 0 Å². The molecule has 0 unspecified atom stereocenters. The lowest BCUT2D eigenvalue weighted by molar-refractivity contribution is 0.0692. The van der Waals surface area contributed by atoms with E-state index in [4.69, 9.17) is 0 Å². The van der Waals surface area contributed by atoms with Crippen LogP contribution in [0.4, 0.5) is 5.82 Å². The largest absolute Gasteiger partial charge is 0.389 e. The van der Waals surface area contributed by atoms with Crippen LogP contribution in [0.3, 0.4) is 0 Å². The van der Waals surface area contributed by atoms with E-state index >= 15 is 0 Å². The third-order valence-corrected chi connectivity index (χ3v) is 4.62. The van der Waals surface area contributed by atoms with E-state index in [1.165, 1.54) is 24.5 Å². The van der Waals surface area contributed by atoms with E-state index < -0.39 is 34.4 Å². The Morgan fingerprint density at radius 2 is 1.87 bits per heavy atom. The molecule has 2 amide bonds. The monoisotopic (exact) mass is 432 g/mol. The number of nitrogens with zero attached hydrogens (tertiary/aromatic N) is 4. The van der Waals surface area contributed by atoms with Crippen LogP contribution in [0.5, 0.6) is 0 Å². The first-order chi connectivity index (χ1) is 14.3. The van der Waals surface area contributed by atoms with Crippen LogP contribution in [0.15, 0.2) is 16.0 Å². The van der Waals surface area contributed by atoms with Crippen molar-refractivity contribution in [3.8, 4) is 0 Å². The van der Waals surface area contributed by atoms with E-state index in [9.17, 15) is 24.4 Å². The zero-order valence-corrected chi connectivity index (χ0v) is 18.4. The minimum atomic E-state index is -1.13. The van der Waals surface area contributed by atoms with Gasteiger partial charge in [-0.3, -0.25) is 19.0 Å². The Kier molecular flexibility index (Phi) is 5.74. The van der Waals surface area contributed by atoms with Gasteiger partial charge in [-0.15, -0.1) is 4.91 Å². The van der Waals surface area contributed by atoms with Crippen molar-refractivity contribution in [2.45, 2.75) is 65.6 Å². The summed E-state index contributed by atoms with van der Waals surface area (Å²) in [6.45, 7) is 9.02. The van der Waals surface area contributed by atoms with Crippen LogP contribution in [0, 0.1) is 10.3 Å². The van der Waals surface area contributed by atoms with Gasteiger partial charge in [0.05, 0.1) is 5.60 Å². The molecule has 0 spiro atoms. The van der Waals surface area contributed by atoms with Gasteiger partial charge in [-0.2, -0.15) is 9.61 Å². The van der Waals surface area contributed by atoms with Gasteiger partial charge < -0.3 is 15.7 Å². The first-order valence-electron chi connectivity index (χ1n) is 10.1. The summed E-state index contributed by atoms with van der Waals surface area (Å²) in [5.74, 6) is -1.73. The van der Waals surface area contributed by atoms with E-state index in [1.807, 2.05) is 20.8 Å². The average molecular weight is 432 g/mol. The fraction of sp³-hybridized carbons (Fsp3) is 0.600. The molecule has 11 nitrogen and oxygen atoms in total. The van der Waals surface area contributed by atoms with Gasteiger partial charge in [0.15, 0.2) is 11.3 Å². The van der Waals surface area contributed by atoms with Crippen molar-refractivity contribution in [1.29, 1.82) is 0 Å². The lowest BCUT2D eigenvalue weighted by Crippen LogP contribution is -2.38. The summed E-state index contributed by atoms with van der Waals surface area (Å²) in [5.41, 5.74) is -2.45. The van der Waals surface area contributed by atoms with E-state index in [-0.39, 0.29) is 35.9 Å². The average Bonchev–Trinajstić information content (AvgIpc) is 3.34. The van der Waals surface area contributed by atoms with Crippen molar-refractivity contribution < 1.29 is 14.7 Å². The number of amides is 2. The fourth-order valence-electron chi connectivity index (χ4n) is 3.05. The number of aromatic nitrogens is 3. The number of hydrogen-bond acceptors (Lipinski definition) is 7. The molecule has 2 aromatic rings. The maximum Gasteiger partial charge on any atom is 0.271 e. The minimum Gasteiger partial charge on any atom is -0.389 e. The number of nitrogens with one attached hydrogen (secondary N) is 2. The number of rotatable bonds is 7. The molecule has 2 heterocycles. The van der Waals surface area contributed by atoms with Crippen molar-refractivity contribution in [2.24, 2.45) is 10.6 Å². The van der Waals surface area contributed by atoms with Crippen LogP contribution >= 0.6 is 0 Å². The third-order valence-electron chi connectivity index (χ3n) is 4.62. The van der Waals surface area contributed by atoms with Crippen LogP contribution in [0.25, 0.3) is 5.65 Å². The van der Waals surface area contributed by atoms with Crippen molar-refractivity contribution in [3.05, 3.63) is 32.6 Å². The van der Waals surface area contributed by atoms with E-state index in [2.05, 4.69) is 20.9 Å². The molecule has 3 N–H and O–H groups in total. The first kappa shape index (κ1) is 22.6. The quantitative estimate of drug-likeness (QED) is 0.563. The highest BCUT2D eigenvalue weighted by molar-refractivity contribution is 5.99. The highest BCUT2D eigenvalue weighted by Gasteiger charge is 2.31. The standard InChI is InChI=1S/C20H28N6O5/c1-19(2,3)10-25-13-8-12(16(27)21-9-20(4,5)30)23-26(13)15(24-31)14(18(25)29)17(28)22-11-6-7-11/h8,11,30H,6-7,9-10H2,1-5H3,(H,21,27)(H,22,28). The fourth-order valence-corrected chi connectivity index (χ4v) is 3.05. The lowest BCUT2D eigenvalue weighted by atomic mass is 9.97. The molecule has 1 aliphatic carbocycles. The van der Waals surface area contributed by atoms with Crippen LogP contribution in [0.2, 0.25) is 0 Å². The Morgan fingerprint density at radius 3 is 2.39 bits per heavy atom. The molecule has 1 aliphatic rings.